The Morgan fingerprint density at radius 2 is 1.88 bits per heavy atom. The quantitative estimate of drug-likeness (QED) is 0.371. The van der Waals surface area contributed by atoms with E-state index in [0.717, 1.165) is 17.0 Å². The highest BCUT2D eigenvalue weighted by atomic mass is 35.5. The molecule has 3 aromatic rings. The number of hydrogen-bond acceptors (Lipinski definition) is 6. The number of methoxy groups -OCH3 is 1. The van der Waals surface area contributed by atoms with Crippen molar-refractivity contribution in [2.45, 2.75) is 17.3 Å². The van der Waals surface area contributed by atoms with Gasteiger partial charge in [-0.05, 0) is 29.8 Å². The van der Waals surface area contributed by atoms with Crippen molar-refractivity contribution in [2.75, 3.05) is 38.2 Å². The van der Waals surface area contributed by atoms with Gasteiger partial charge < -0.3 is 19.5 Å². The van der Waals surface area contributed by atoms with Crippen molar-refractivity contribution in [3.63, 3.8) is 0 Å². The fraction of sp³-hybridized carbons (Fsp3) is 0.292. The molecule has 1 N–H and O–H groups in total. The maximum absolute atomic E-state index is 12.9. The number of nitrogens with one attached hydrogen (secondary N) is 1. The van der Waals surface area contributed by atoms with E-state index in [2.05, 4.69) is 14.9 Å². The number of thioether (sulfide) groups is 1. The monoisotopic (exact) mass is 518 g/mol. The van der Waals surface area contributed by atoms with Crippen molar-refractivity contribution in [3.05, 3.63) is 80.2 Å². The minimum Gasteiger partial charge on any atom is -0.497 e. The van der Waals surface area contributed by atoms with Crippen molar-refractivity contribution in [1.29, 1.82) is 0 Å². The van der Waals surface area contributed by atoms with Crippen molar-refractivity contribution >= 4 is 46.6 Å². The molecule has 1 fully saturated rings. The first kappa shape index (κ1) is 24.4. The molecular weight excluding hydrogens is 495 g/mol. The Morgan fingerprint density at radius 1 is 1.12 bits per heavy atom. The predicted octanol–water partition coefficient (Wildman–Crippen LogP) is 4.27. The average Bonchev–Trinajstić information content (AvgIpc) is 2.84. The van der Waals surface area contributed by atoms with Crippen LogP contribution < -0.4 is 15.2 Å². The van der Waals surface area contributed by atoms with E-state index in [1.807, 2.05) is 36.4 Å². The van der Waals surface area contributed by atoms with E-state index in [1.165, 1.54) is 17.8 Å². The predicted molar refractivity (Wildman–Crippen MR) is 136 cm³/mol. The van der Waals surface area contributed by atoms with Gasteiger partial charge in [0.1, 0.15) is 5.75 Å². The second kappa shape index (κ2) is 11.2. The highest BCUT2D eigenvalue weighted by Crippen LogP contribution is 2.33. The number of aromatic nitrogens is 2. The number of carbonyl (C=O) groups is 1. The van der Waals surface area contributed by atoms with E-state index in [0.29, 0.717) is 52.8 Å². The van der Waals surface area contributed by atoms with Crippen molar-refractivity contribution in [2.24, 2.45) is 0 Å². The lowest BCUT2D eigenvalue weighted by atomic mass is 10.2. The normalized spacial score (nSPS) is 13.7. The smallest absolute Gasteiger partial charge is 0.251 e. The zero-order valence-corrected chi connectivity index (χ0v) is 20.9. The first-order chi connectivity index (χ1) is 16.4. The molecule has 34 heavy (non-hydrogen) atoms. The molecule has 2 aromatic carbocycles. The number of halogens is 2. The van der Waals surface area contributed by atoms with Gasteiger partial charge >= 0.3 is 0 Å². The lowest BCUT2D eigenvalue weighted by Crippen LogP contribution is -2.49. The van der Waals surface area contributed by atoms with Gasteiger partial charge in [-0.25, -0.2) is 4.98 Å². The number of benzene rings is 2. The molecule has 2 heterocycles. The molecule has 1 aliphatic rings. The number of carbonyl (C=O) groups excluding carboxylic acids is 1. The van der Waals surface area contributed by atoms with Gasteiger partial charge in [-0.2, -0.15) is 0 Å². The molecule has 0 spiro atoms. The number of rotatable bonds is 7. The van der Waals surface area contributed by atoms with Gasteiger partial charge in [0.2, 0.25) is 5.91 Å². The van der Waals surface area contributed by atoms with E-state index < -0.39 is 0 Å². The first-order valence-corrected chi connectivity index (χ1v) is 12.5. The fourth-order valence-corrected chi connectivity index (χ4v) is 5.01. The minimum atomic E-state index is -0.272. The molecule has 4 rings (SSSR count). The fourth-order valence-electron chi connectivity index (χ4n) is 3.76. The summed E-state index contributed by atoms with van der Waals surface area (Å²) in [7, 11) is 1.62. The Morgan fingerprint density at radius 3 is 2.65 bits per heavy atom. The molecule has 0 atom stereocenters. The van der Waals surface area contributed by atoms with E-state index >= 15 is 0 Å². The molecule has 178 valence electrons. The van der Waals surface area contributed by atoms with Crippen LogP contribution in [0.5, 0.6) is 5.75 Å². The zero-order chi connectivity index (χ0) is 24.1. The van der Waals surface area contributed by atoms with Gasteiger partial charge in [-0.3, -0.25) is 9.59 Å². The summed E-state index contributed by atoms with van der Waals surface area (Å²) in [5.41, 5.74) is 2.11. The number of H-pyrrole nitrogens is 1. The van der Waals surface area contributed by atoms with Crippen LogP contribution in [0.15, 0.2) is 58.5 Å². The van der Waals surface area contributed by atoms with Crippen molar-refractivity contribution in [3.8, 4) is 5.75 Å². The second-order valence-electron chi connectivity index (χ2n) is 7.80. The Bertz CT molecular complexity index is 1230. The molecule has 1 aliphatic heterocycles. The van der Waals surface area contributed by atoms with Crippen LogP contribution in [-0.4, -0.2) is 54.1 Å². The Labute approximate surface area is 212 Å². The highest BCUT2D eigenvalue weighted by molar-refractivity contribution is 7.98. The molecule has 10 heteroatoms. The summed E-state index contributed by atoms with van der Waals surface area (Å²) in [5, 5.41) is 1.52. The van der Waals surface area contributed by atoms with Crippen LogP contribution in [0, 0.1) is 0 Å². The maximum Gasteiger partial charge on any atom is 0.251 e. The van der Waals surface area contributed by atoms with E-state index in [9.17, 15) is 9.59 Å². The summed E-state index contributed by atoms with van der Waals surface area (Å²) in [6.45, 7) is 2.41. The van der Waals surface area contributed by atoms with E-state index in [4.69, 9.17) is 27.9 Å². The number of nitrogens with zero attached hydrogens (tertiary/aromatic N) is 3. The summed E-state index contributed by atoms with van der Waals surface area (Å²) < 4.78 is 5.25. The number of amides is 1. The number of anilines is 1. The zero-order valence-electron chi connectivity index (χ0n) is 18.6. The topological polar surface area (TPSA) is 78.5 Å². The van der Waals surface area contributed by atoms with Gasteiger partial charge in [0.15, 0.2) is 5.16 Å². The molecule has 7 nitrogen and oxygen atoms in total. The lowest BCUT2D eigenvalue weighted by molar-refractivity contribution is -0.130. The van der Waals surface area contributed by atoms with Crippen LogP contribution in [0.2, 0.25) is 10.0 Å². The van der Waals surface area contributed by atoms with Crippen LogP contribution in [0.1, 0.15) is 11.3 Å². The third-order valence-corrected chi connectivity index (χ3v) is 7.27. The Balaban J connectivity index is 1.35. The average molecular weight is 519 g/mol. The van der Waals surface area contributed by atoms with Crippen LogP contribution in [0.25, 0.3) is 0 Å². The lowest BCUT2D eigenvalue weighted by Gasteiger charge is -2.36. The highest BCUT2D eigenvalue weighted by Gasteiger charge is 2.23. The van der Waals surface area contributed by atoms with E-state index in [-0.39, 0.29) is 17.9 Å². The third kappa shape index (κ3) is 6.05. The third-order valence-electron chi connectivity index (χ3n) is 5.52. The molecular formula is C24H24Cl2N4O3S. The molecule has 1 aromatic heterocycles. The summed E-state index contributed by atoms with van der Waals surface area (Å²) in [6.07, 6.45) is 0.0779. The summed E-state index contributed by atoms with van der Waals surface area (Å²) in [5.74, 6) is 1.33. The number of hydrogen-bond donors (Lipinski definition) is 1. The molecule has 1 amide bonds. The van der Waals surface area contributed by atoms with Crippen molar-refractivity contribution in [1.82, 2.24) is 14.9 Å². The van der Waals surface area contributed by atoms with Crippen LogP contribution >= 0.6 is 35.0 Å². The van der Waals surface area contributed by atoms with Gasteiger partial charge in [-0.15, -0.1) is 0 Å². The number of aromatic amines is 1. The first-order valence-electron chi connectivity index (χ1n) is 10.8. The van der Waals surface area contributed by atoms with Gasteiger partial charge in [0, 0.05) is 38.0 Å². The molecule has 0 aliphatic carbocycles. The van der Waals surface area contributed by atoms with Gasteiger partial charge in [-0.1, -0.05) is 53.2 Å². The Kier molecular flexibility index (Phi) is 8.03. The van der Waals surface area contributed by atoms with Gasteiger partial charge in [0.05, 0.1) is 35.0 Å². The van der Waals surface area contributed by atoms with Crippen molar-refractivity contribution < 1.29 is 9.53 Å². The van der Waals surface area contributed by atoms with Crippen LogP contribution in [-0.2, 0) is 17.0 Å². The molecule has 0 unspecified atom stereocenters. The van der Waals surface area contributed by atoms with Crippen LogP contribution in [0.3, 0.4) is 0 Å². The largest absolute Gasteiger partial charge is 0.497 e. The molecule has 0 saturated carbocycles. The summed E-state index contributed by atoms with van der Waals surface area (Å²) in [6, 6.07) is 14.6. The Hall–Kier alpha value is -2.68. The van der Waals surface area contributed by atoms with E-state index in [1.54, 1.807) is 18.1 Å². The maximum atomic E-state index is 12.9. The SMILES string of the molecule is COc1cccc(CSc2nc(CC(=O)N3CCN(c4cccc(Cl)c4Cl)CC3)cc(=O)[nH]2)c1. The standard InChI is InChI=1S/C24H24Cl2N4O3S/c1-33-18-5-2-4-16(12-18)15-34-24-27-17(13-21(31)28-24)14-22(32)30-10-8-29(9-11-30)20-7-3-6-19(25)23(20)26/h2-7,12-13H,8-11,14-15H2,1H3,(H,27,28,31). The molecule has 1 saturated heterocycles. The molecule has 0 bridgehead atoms. The minimum absolute atomic E-state index is 0.0568. The van der Waals surface area contributed by atoms with Crippen LogP contribution in [0.4, 0.5) is 5.69 Å². The number of piperazine rings is 1. The molecule has 0 radical (unpaired) electrons. The summed E-state index contributed by atoms with van der Waals surface area (Å²) >= 11 is 13.9. The van der Waals surface area contributed by atoms with Gasteiger partial charge in [0.25, 0.3) is 5.56 Å². The summed E-state index contributed by atoms with van der Waals surface area (Å²) in [4.78, 5) is 36.2. The second-order valence-corrected chi connectivity index (χ2v) is 9.55. The number of ether oxygens (including phenoxy) is 1.